The van der Waals surface area contributed by atoms with E-state index < -0.39 is 0 Å². The molecule has 0 unspecified atom stereocenters. The Morgan fingerprint density at radius 3 is 2.52 bits per heavy atom. The van der Waals surface area contributed by atoms with Crippen molar-refractivity contribution in [2.45, 2.75) is 38.4 Å². The molecule has 3 atom stereocenters. The van der Waals surface area contributed by atoms with Crippen molar-refractivity contribution in [3.63, 3.8) is 0 Å². The topological polar surface area (TPSA) is 54.6 Å². The molecule has 4 rings (SSSR count). The number of aromatic amines is 1. The van der Waals surface area contributed by atoms with E-state index in [1.807, 2.05) is 49.2 Å². The molecule has 1 aliphatic rings. The summed E-state index contributed by atoms with van der Waals surface area (Å²) in [6.45, 7) is 5.34. The van der Waals surface area contributed by atoms with Gasteiger partial charge in [-0.25, -0.2) is 0 Å². The number of benzene rings is 2. The minimum Gasteiger partial charge on any atom is -0.497 e. The molecule has 3 aromatic rings. The van der Waals surface area contributed by atoms with Crippen LogP contribution >= 0.6 is 0 Å². The summed E-state index contributed by atoms with van der Waals surface area (Å²) in [7, 11) is 1.66. The number of hydrogen-bond donors (Lipinski definition) is 1. The van der Waals surface area contributed by atoms with Gasteiger partial charge in [-0.15, -0.1) is 0 Å². The van der Waals surface area contributed by atoms with Crippen molar-refractivity contribution in [1.82, 2.24) is 9.88 Å². The smallest absolute Gasteiger partial charge is 0.223 e. The predicted octanol–water partition coefficient (Wildman–Crippen LogP) is 4.33. The Morgan fingerprint density at radius 1 is 1.14 bits per heavy atom. The molecule has 1 saturated heterocycles. The van der Waals surface area contributed by atoms with Gasteiger partial charge in [0, 0.05) is 42.5 Å². The standard InChI is InChI=1S/C24H28N2O3/c1-16-14-26(15-17(2)29-16)24(27)12-21(18-8-10-19(28-3)11-9-18)22-13-25-23-7-5-4-6-20(22)23/h4-11,13,16-17,21,25H,12,14-15H2,1-3H3/t16-,17-,21-/m0/s1. The van der Waals surface area contributed by atoms with Crippen molar-refractivity contribution in [2.75, 3.05) is 20.2 Å². The van der Waals surface area contributed by atoms with E-state index in [2.05, 4.69) is 29.2 Å². The summed E-state index contributed by atoms with van der Waals surface area (Å²) in [6, 6.07) is 16.3. The van der Waals surface area contributed by atoms with Crippen LogP contribution in [0.2, 0.25) is 0 Å². The summed E-state index contributed by atoms with van der Waals surface area (Å²) in [6.07, 6.45) is 2.59. The van der Waals surface area contributed by atoms with Gasteiger partial charge in [-0.1, -0.05) is 30.3 Å². The van der Waals surface area contributed by atoms with E-state index in [1.54, 1.807) is 7.11 Å². The zero-order valence-corrected chi connectivity index (χ0v) is 17.2. The molecule has 0 bridgehead atoms. The third-order valence-corrected chi connectivity index (χ3v) is 5.67. The quantitative estimate of drug-likeness (QED) is 0.703. The first-order chi connectivity index (χ1) is 14.0. The number of aromatic nitrogens is 1. The van der Waals surface area contributed by atoms with Gasteiger partial charge in [-0.3, -0.25) is 4.79 Å². The number of H-pyrrole nitrogens is 1. The largest absolute Gasteiger partial charge is 0.497 e. The van der Waals surface area contributed by atoms with Gasteiger partial charge >= 0.3 is 0 Å². The third kappa shape index (κ3) is 4.15. The highest BCUT2D eigenvalue weighted by Crippen LogP contribution is 2.35. The molecule has 0 aliphatic carbocycles. The Morgan fingerprint density at radius 2 is 1.83 bits per heavy atom. The van der Waals surface area contributed by atoms with Crippen LogP contribution in [-0.4, -0.2) is 48.2 Å². The van der Waals surface area contributed by atoms with Gasteiger partial charge in [0.1, 0.15) is 5.75 Å². The molecular weight excluding hydrogens is 364 g/mol. The Balaban J connectivity index is 1.67. The molecule has 1 aliphatic heterocycles. The van der Waals surface area contributed by atoms with Crippen molar-refractivity contribution in [3.05, 3.63) is 65.9 Å². The number of fused-ring (bicyclic) bond motifs is 1. The molecule has 0 spiro atoms. The number of nitrogens with zero attached hydrogens (tertiary/aromatic N) is 1. The number of carbonyl (C=O) groups is 1. The van der Waals surface area contributed by atoms with Crippen LogP contribution in [0, 0.1) is 0 Å². The summed E-state index contributed by atoms with van der Waals surface area (Å²) < 4.78 is 11.1. The van der Waals surface area contributed by atoms with Gasteiger partial charge in [0.15, 0.2) is 0 Å². The number of methoxy groups -OCH3 is 1. The summed E-state index contributed by atoms with van der Waals surface area (Å²) in [5.41, 5.74) is 3.34. The molecule has 1 amide bonds. The molecule has 1 aromatic heterocycles. The van der Waals surface area contributed by atoms with Crippen LogP contribution in [0.15, 0.2) is 54.7 Å². The van der Waals surface area contributed by atoms with Gasteiger partial charge in [0.25, 0.3) is 0 Å². The second kappa shape index (κ2) is 8.29. The molecule has 1 fully saturated rings. The lowest BCUT2D eigenvalue weighted by Gasteiger charge is -2.36. The van der Waals surface area contributed by atoms with Crippen molar-refractivity contribution in [2.24, 2.45) is 0 Å². The van der Waals surface area contributed by atoms with Gasteiger partial charge < -0.3 is 19.4 Å². The fourth-order valence-electron chi connectivity index (χ4n) is 4.31. The Labute approximate surface area is 171 Å². The van der Waals surface area contributed by atoms with E-state index in [-0.39, 0.29) is 24.0 Å². The maximum absolute atomic E-state index is 13.3. The molecule has 0 radical (unpaired) electrons. The summed E-state index contributed by atoms with van der Waals surface area (Å²) in [5, 5.41) is 1.16. The van der Waals surface area contributed by atoms with E-state index in [1.165, 1.54) is 0 Å². The first-order valence-corrected chi connectivity index (χ1v) is 10.2. The Hall–Kier alpha value is -2.79. The number of hydrogen-bond acceptors (Lipinski definition) is 3. The fraction of sp³-hybridized carbons (Fsp3) is 0.375. The first kappa shape index (κ1) is 19.5. The van der Waals surface area contributed by atoms with Gasteiger partial charge in [0.05, 0.1) is 19.3 Å². The Bertz CT molecular complexity index is 969. The minimum absolute atomic E-state index is 0.0296. The van der Waals surface area contributed by atoms with Crippen LogP contribution in [0.4, 0.5) is 0 Å². The maximum Gasteiger partial charge on any atom is 0.223 e. The van der Waals surface area contributed by atoms with E-state index in [0.717, 1.165) is 27.8 Å². The number of morpholine rings is 1. The second-order valence-electron chi connectivity index (χ2n) is 7.88. The Kier molecular flexibility index (Phi) is 5.58. The highest BCUT2D eigenvalue weighted by Gasteiger charge is 2.29. The van der Waals surface area contributed by atoms with Crippen molar-refractivity contribution >= 4 is 16.8 Å². The molecule has 0 saturated carbocycles. The highest BCUT2D eigenvalue weighted by atomic mass is 16.5. The van der Waals surface area contributed by atoms with Crippen LogP contribution in [0.1, 0.15) is 37.3 Å². The van der Waals surface area contributed by atoms with Gasteiger partial charge in [-0.05, 0) is 43.2 Å². The number of carbonyl (C=O) groups excluding carboxylic acids is 1. The number of ether oxygens (including phenoxy) is 2. The van der Waals surface area contributed by atoms with Gasteiger partial charge in [0.2, 0.25) is 5.91 Å². The van der Waals surface area contributed by atoms with E-state index in [0.29, 0.717) is 19.5 Å². The summed E-state index contributed by atoms with van der Waals surface area (Å²) in [4.78, 5) is 18.6. The van der Waals surface area contributed by atoms with Gasteiger partial charge in [-0.2, -0.15) is 0 Å². The lowest BCUT2D eigenvalue weighted by molar-refractivity contribution is -0.143. The van der Waals surface area contributed by atoms with Crippen molar-refractivity contribution in [3.8, 4) is 5.75 Å². The molecule has 1 N–H and O–H groups in total. The van der Waals surface area contributed by atoms with E-state index in [4.69, 9.17) is 9.47 Å². The second-order valence-corrected chi connectivity index (χ2v) is 7.88. The van der Waals surface area contributed by atoms with Crippen molar-refractivity contribution in [1.29, 1.82) is 0 Å². The van der Waals surface area contributed by atoms with Crippen LogP contribution in [0.25, 0.3) is 10.9 Å². The van der Waals surface area contributed by atoms with E-state index >= 15 is 0 Å². The average molecular weight is 392 g/mol. The monoisotopic (exact) mass is 392 g/mol. The number of nitrogens with one attached hydrogen (secondary N) is 1. The molecule has 5 heteroatoms. The van der Waals surface area contributed by atoms with Crippen LogP contribution in [0.5, 0.6) is 5.75 Å². The maximum atomic E-state index is 13.3. The molecule has 5 nitrogen and oxygen atoms in total. The zero-order valence-electron chi connectivity index (χ0n) is 17.2. The highest BCUT2D eigenvalue weighted by molar-refractivity contribution is 5.86. The first-order valence-electron chi connectivity index (χ1n) is 10.2. The molecule has 2 heterocycles. The summed E-state index contributed by atoms with van der Waals surface area (Å²) >= 11 is 0. The molecular formula is C24H28N2O3. The normalized spacial score (nSPS) is 20.6. The van der Waals surface area contributed by atoms with Crippen LogP contribution < -0.4 is 4.74 Å². The van der Waals surface area contributed by atoms with Crippen LogP contribution in [-0.2, 0) is 9.53 Å². The average Bonchev–Trinajstić information content (AvgIpc) is 3.15. The minimum atomic E-state index is -0.0296. The zero-order chi connectivity index (χ0) is 20.4. The third-order valence-electron chi connectivity index (χ3n) is 5.67. The lowest BCUT2D eigenvalue weighted by Crippen LogP contribution is -2.48. The van der Waals surface area contributed by atoms with E-state index in [9.17, 15) is 4.79 Å². The predicted molar refractivity (Wildman–Crippen MR) is 114 cm³/mol. The van der Waals surface area contributed by atoms with Crippen LogP contribution in [0.3, 0.4) is 0 Å². The summed E-state index contributed by atoms with van der Waals surface area (Å²) in [5.74, 6) is 0.949. The molecule has 29 heavy (non-hydrogen) atoms. The lowest BCUT2D eigenvalue weighted by atomic mass is 9.87. The number of rotatable bonds is 5. The SMILES string of the molecule is COc1ccc([C@H](CC(=O)N2C[C@H](C)O[C@@H](C)C2)c2c[nH]c3ccccc23)cc1. The fourth-order valence-corrected chi connectivity index (χ4v) is 4.31. The number of para-hydroxylation sites is 1. The molecule has 152 valence electrons. The number of amides is 1. The molecule has 2 aromatic carbocycles. The van der Waals surface area contributed by atoms with Crippen molar-refractivity contribution < 1.29 is 14.3 Å².